The van der Waals surface area contributed by atoms with Gasteiger partial charge in [0.25, 0.3) is 4.96 Å². The third-order valence-electron chi connectivity index (χ3n) is 1.64. The molecule has 1 aromatic carbocycles. The van der Waals surface area contributed by atoms with Gasteiger partial charge in [0.2, 0.25) is 5.01 Å². The average Bonchev–Trinajstić information content (AvgIpc) is 2.68. The number of hydrogen-bond donors (Lipinski definition) is 0. The molecule has 0 unspecified atom stereocenters. The van der Waals surface area contributed by atoms with Gasteiger partial charge in [0.1, 0.15) is 4.49 Å². The van der Waals surface area contributed by atoms with Crippen LogP contribution in [0.1, 0.15) is 6.92 Å². The number of benzene rings is 1. The Morgan fingerprint density at radius 3 is 2.86 bits per heavy atom. The van der Waals surface area contributed by atoms with Gasteiger partial charge in [-0.25, -0.2) is 4.84 Å². The Morgan fingerprint density at radius 1 is 1.36 bits per heavy atom. The molecule has 0 saturated carbocycles. The second kappa shape index (κ2) is 4.15. The van der Waals surface area contributed by atoms with Crippen LogP contribution in [0.2, 0.25) is 0 Å². The normalized spacial score (nSPS) is 10.1. The molecule has 1 heterocycles. The lowest BCUT2D eigenvalue weighted by atomic mass is 10.2. The third kappa shape index (κ3) is 1.88. The molecule has 14 heavy (non-hydrogen) atoms. The van der Waals surface area contributed by atoms with E-state index >= 15 is 0 Å². The molecule has 2 aromatic rings. The van der Waals surface area contributed by atoms with Crippen molar-refractivity contribution in [2.24, 2.45) is 0 Å². The van der Waals surface area contributed by atoms with Crippen molar-refractivity contribution in [1.29, 1.82) is 0 Å². The maximum atomic E-state index is 5.11. The highest BCUT2D eigenvalue weighted by molar-refractivity contribution is 7.08. The van der Waals surface area contributed by atoms with Gasteiger partial charge in [-0.1, -0.05) is 30.3 Å². The Bertz CT molecular complexity index is 401. The summed E-state index contributed by atoms with van der Waals surface area (Å²) in [5.74, 6) is 0. The molecular weight excluding hydrogens is 198 g/mol. The molecule has 0 atom stereocenters. The van der Waals surface area contributed by atoms with Crippen molar-refractivity contribution in [1.82, 2.24) is 9.59 Å². The summed E-state index contributed by atoms with van der Waals surface area (Å²) in [5.41, 5.74) is 1.06. The lowest BCUT2D eigenvalue weighted by Crippen LogP contribution is -2.46. The summed E-state index contributed by atoms with van der Waals surface area (Å²) in [6.45, 7) is 2.46. The van der Waals surface area contributed by atoms with Crippen molar-refractivity contribution in [3.63, 3.8) is 0 Å². The van der Waals surface area contributed by atoms with Gasteiger partial charge < -0.3 is 0 Å². The van der Waals surface area contributed by atoms with E-state index in [0.29, 0.717) is 6.61 Å². The fraction of sp³-hybridized carbons (Fsp3) is 0.222. The third-order valence-corrected chi connectivity index (χ3v) is 2.35. The molecule has 0 aliphatic carbocycles. The van der Waals surface area contributed by atoms with Crippen molar-refractivity contribution in [2.45, 2.75) is 6.92 Å². The van der Waals surface area contributed by atoms with Gasteiger partial charge in [0.15, 0.2) is 6.61 Å². The van der Waals surface area contributed by atoms with Crippen LogP contribution >= 0.6 is 11.5 Å². The highest BCUT2D eigenvalue weighted by atomic mass is 32.1. The summed E-state index contributed by atoms with van der Waals surface area (Å²) >= 11 is 1.32. The summed E-state index contributed by atoms with van der Waals surface area (Å²) in [6, 6.07) is 9.91. The van der Waals surface area contributed by atoms with Crippen LogP contribution in [0.25, 0.3) is 10.6 Å². The Morgan fingerprint density at radius 2 is 2.14 bits per heavy atom. The minimum absolute atomic E-state index is 0.565. The molecule has 0 spiro atoms. The summed E-state index contributed by atoms with van der Waals surface area (Å²) in [5, 5.41) is 5.03. The van der Waals surface area contributed by atoms with Crippen molar-refractivity contribution in [3.8, 4) is 10.6 Å². The standard InChI is InChI=1S/C9H10N3OS/c1-2-13-12-10-9(14-11-12)8-6-4-3-5-7-8/h3-7H,2H2,1H3/q+1. The Labute approximate surface area is 85.9 Å². The predicted molar refractivity (Wildman–Crippen MR) is 52.7 cm³/mol. The van der Waals surface area contributed by atoms with Gasteiger partial charge in [-0.2, -0.15) is 0 Å². The zero-order valence-electron chi connectivity index (χ0n) is 7.75. The molecule has 0 fully saturated rings. The largest absolute Gasteiger partial charge is 0.270 e. The zero-order valence-corrected chi connectivity index (χ0v) is 8.57. The van der Waals surface area contributed by atoms with E-state index in [-0.39, 0.29) is 0 Å². The average molecular weight is 208 g/mol. The first kappa shape index (κ1) is 9.08. The van der Waals surface area contributed by atoms with Crippen LogP contribution in [-0.4, -0.2) is 16.2 Å². The fourth-order valence-electron chi connectivity index (χ4n) is 1.05. The molecule has 0 bridgehead atoms. The molecule has 0 aliphatic heterocycles. The minimum atomic E-state index is 0.565. The molecule has 1 aromatic heterocycles. The van der Waals surface area contributed by atoms with E-state index in [9.17, 15) is 0 Å². The van der Waals surface area contributed by atoms with Crippen LogP contribution in [0.15, 0.2) is 30.3 Å². The lowest BCUT2D eigenvalue weighted by molar-refractivity contribution is -0.971. The van der Waals surface area contributed by atoms with Crippen LogP contribution in [0.5, 0.6) is 0 Å². The Kier molecular flexibility index (Phi) is 2.69. The molecule has 2 rings (SSSR count). The minimum Gasteiger partial charge on any atom is -0.222 e. The highest BCUT2D eigenvalue weighted by Gasteiger charge is 2.13. The molecule has 0 aliphatic rings. The van der Waals surface area contributed by atoms with E-state index in [0.717, 1.165) is 10.6 Å². The number of rotatable bonds is 3. The maximum Gasteiger partial charge on any atom is 0.270 e. The van der Waals surface area contributed by atoms with E-state index < -0.39 is 0 Å². The summed E-state index contributed by atoms with van der Waals surface area (Å²) in [6.07, 6.45) is 0. The topological polar surface area (TPSA) is 38.9 Å². The summed E-state index contributed by atoms with van der Waals surface area (Å²) in [4.78, 5) is 6.37. The second-order valence-corrected chi connectivity index (χ2v) is 3.35. The zero-order chi connectivity index (χ0) is 9.80. The fourth-order valence-corrected chi connectivity index (χ4v) is 1.63. The Balaban J connectivity index is 2.25. The van der Waals surface area contributed by atoms with Crippen LogP contribution in [0.3, 0.4) is 0 Å². The molecule has 0 saturated heterocycles. The first-order valence-electron chi connectivity index (χ1n) is 4.35. The number of hydrogen-bond acceptors (Lipinski definition) is 4. The molecular formula is C9H10N3OS+. The quantitative estimate of drug-likeness (QED) is 0.705. The van der Waals surface area contributed by atoms with Crippen molar-refractivity contribution < 1.29 is 9.80 Å². The van der Waals surface area contributed by atoms with Crippen molar-refractivity contribution in [3.05, 3.63) is 30.3 Å². The number of aromatic nitrogens is 3. The molecule has 0 N–H and O–H groups in total. The lowest BCUT2D eigenvalue weighted by Gasteiger charge is -1.87. The van der Waals surface area contributed by atoms with E-state index in [2.05, 4.69) is 9.59 Å². The monoisotopic (exact) mass is 208 g/mol. The first-order valence-corrected chi connectivity index (χ1v) is 5.12. The van der Waals surface area contributed by atoms with Crippen LogP contribution in [0.4, 0.5) is 0 Å². The van der Waals surface area contributed by atoms with Gasteiger partial charge in [-0.3, -0.25) is 0 Å². The van der Waals surface area contributed by atoms with Crippen LogP contribution in [-0.2, 0) is 0 Å². The van der Waals surface area contributed by atoms with E-state index in [4.69, 9.17) is 4.84 Å². The maximum absolute atomic E-state index is 5.11. The predicted octanol–water partition coefficient (Wildman–Crippen LogP) is 0.941. The van der Waals surface area contributed by atoms with Gasteiger partial charge in [-0.15, -0.1) is 0 Å². The van der Waals surface area contributed by atoms with E-state index in [1.165, 1.54) is 16.5 Å². The molecule has 72 valence electrons. The highest BCUT2D eigenvalue weighted by Crippen LogP contribution is 2.16. The summed E-state index contributed by atoms with van der Waals surface area (Å²) < 4.78 is 4.01. The van der Waals surface area contributed by atoms with Crippen LogP contribution in [0, 0.1) is 0 Å². The molecule has 5 heteroatoms. The van der Waals surface area contributed by atoms with E-state index in [1.807, 2.05) is 37.3 Å². The molecule has 4 nitrogen and oxygen atoms in total. The van der Waals surface area contributed by atoms with Crippen molar-refractivity contribution >= 4 is 11.5 Å². The summed E-state index contributed by atoms with van der Waals surface area (Å²) in [7, 11) is 0. The van der Waals surface area contributed by atoms with Crippen molar-refractivity contribution in [2.75, 3.05) is 6.61 Å². The molecule has 0 amide bonds. The van der Waals surface area contributed by atoms with Gasteiger partial charge >= 0.3 is 0 Å². The first-order chi connectivity index (χ1) is 6.90. The number of nitrogens with zero attached hydrogens (tertiary/aromatic N) is 3. The SMILES string of the molecule is CCO[n+]1nsc(-c2ccccc2)n1. The van der Waals surface area contributed by atoms with Gasteiger partial charge in [0, 0.05) is 5.56 Å². The second-order valence-electron chi connectivity index (χ2n) is 2.61. The van der Waals surface area contributed by atoms with Gasteiger partial charge in [0.05, 0.1) is 16.6 Å². The van der Waals surface area contributed by atoms with Gasteiger partial charge in [-0.05, 0) is 6.92 Å². The Hall–Kier alpha value is -1.49. The molecule has 0 radical (unpaired) electrons. The van der Waals surface area contributed by atoms with E-state index in [1.54, 1.807) is 0 Å². The smallest absolute Gasteiger partial charge is 0.222 e. The van der Waals surface area contributed by atoms with Crippen LogP contribution < -0.4 is 9.80 Å².